The van der Waals surface area contributed by atoms with Crippen molar-refractivity contribution in [3.8, 4) is 5.75 Å². The Labute approximate surface area is 611 Å². The van der Waals surface area contributed by atoms with Crippen molar-refractivity contribution in [2.24, 2.45) is 23.1 Å². The van der Waals surface area contributed by atoms with Crippen molar-refractivity contribution in [2.45, 2.75) is 159 Å². The molecule has 6 aromatic rings. The molecule has 2 heterocycles. The highest BCUT2D eigenvalue weighted by Gasteiger charge is 2.40. The minimum absolute atomic E-state index is 0.00218. The third kappa shape index (κ3) is 25.0. The number of aliphatic hydroxyl groups excluding tert-OH is 1. The summed E-state index contributed by atoms with van der Waals surface area (Å²) in [6.07, 6.45) is 1.45. The molecule has 1 fully saturated rings. The van der Waals surface area contributed by atoms with E-state index in [0.717, 1.165) is 10.8 Å². The molecule has 0 saturated carbocycles. The highest BCUT2D eigenvalue weighted by Crippen LogP contribution is 2.24. The van der Waals surface area contributed by atoms with Crippen molar-refractivity contribution in [2.75, 3.05) is 26.2 Å². The van der Waals surface area contributed by atoms with Crippen LogP contribution in [-0.2, 0) is 78.4 Å². The molecule has 0 aliphatic carbocycles. The van der Waals surface area contributed by atoms with Crippen molar-refractivity contribution < 1.29 is 67.7 Å². The van der Waals surface area contributed by atoms with Gasteiger partial charge in [-0.15, -0.1) is 0 Å². The molecule has 10 atom stereocenters. The number of nitrogens with two attached hydrogens (primary N) is 3. The van der Waals surface area contributed by atoms with Crippen LogP contribution in [0.2, 0.25) is 5.02 Å². The van der Waals surface area contributed by atoms with E-state index >= 15 is 4.79 Å². The maximum atomic E-state index is 15.0. The smallest absolute Gasteiger partial charge is 0.312 e. The van der Waals surface area contributed by atoms with Gasteiger partial charge in [-0.1, -0.05) is 110 Å². The lowest BCUT2D eigenvalue weighted by molar-refractivity contribution is -0.142. The van der Waals surface area contributed by atoms with Crippen LogP contribution in [0, 0.1) is 11.3 Å². The lowest BCUT2D eigenvalue weighted by Gasteiger charge is -2.31. The topological polar surface area (TPSA) is 499 Å². The number of nitrogens with one attached hydrogen (secondary N) is 13. The number of carbonyl (C=O) groups is 12. The van der Waals surface area contributed by atoms with Gasteiger partial charge in [0.05, 0.1) is 6.61 Å². The summed E-state index contributed by atoms with van der Waals surface area (Å²) in [7, 11) is 0. The normalized spacial score (nSPS) is 15.2. The summed E-state index contributed by atoms with van der Waals surface area (Å²) < 4.78 is 0. The monoisotopic (exact) mass is 1470 g/mol. The zero-order valence-electron chi connectivity index (χ0n) is 58.9. The summed E-state index contributed by atoms with van der Waals surface area (Å²) in [4.78, 5) is 172. The van der Waals surface area contributed by atoms with Crippen LogP contribution in [-0.4, -0.2) is 184 Å². The van der Waals surface area contributed by atoms with E-state index < -0.39 is 138 Å². The average Bonchev–Trinajstić information content (AvgIpc) is 1.81. The van der Waals surface area contributed by atoms with E-state index in [1.54, 1.807) is 68.6 Å². The number of aliphatic hydroxyl groups is 1. The maximum Gasteiger partial charge on any atom is 0.312 e. The Morgan fingerprint density at radius 3 is 1.64 bits per heavy atom. The first-order valence-electron chi connectivity index (χ1n) is 34.6. The summed E-state index contributed by atoms with van der Waals surface area (Å²) in [6, 6.07) is 17.4. The average molecular weight is 1470 g/mol. The number of primary amides is 2. The van der Waals surface area contributed by atoms with E-state index in [1.807, 2.05) is 42.5 Å². The molecule has 1 aliphatic rings. The van der Waals surface area contributed by atoms with Gasteiger partial charge in [0.2, 0.25) is 65.0 Å². The first kappa shape index (κ1) is 81.0. The number of rotatable bonds is 38. The number of carbonyl (C=O) groups excluding carboxylic acids is 12. The van der Waals surface area contributed by atoms with Gasteiger partial charge in [0, 0.05) is 74.4 Å². The number of H-pyrrole nitrogens is 1. The molecular weight excluding hydrogens is 1370 g/mol. The molecule has 31 nitrogen and oxygen atoms in total. The van der Waals surface area contributed by atoms with Gasteiger partial charge in [-0.3, -0.25) is 58.1 Å². The van der Waals surface area contributed by atoms with E-state index in [4.69, 9.17) is 34.2 Å². The fourth-order valence-corrected chi connectivity index (χ4v) is 12.3. The molecule has 105 heavy (non-hydrogen) atoms. The van der Waals surface area contributed by atoms with Crippen LogP contribution in [0.3, 0.4) is 0 Å². The van der Waals surface area contributed by atoms with Gasteiger partial charge in [-0.2, -0.15) is 0 Å². The van der Waals surface area contributed by atoms with Crippen molar-refractivity contribution in [3.05, 3.63) is 149 Å². The number of phenolic OH excluding ortho intramolecular Hbond substituents is 1. The number of phenols is 1. The van der Waals surface area contributed by atoms with E-state index in [9.17, 15) is 63.0 Å². The summed E-state index contributed by atoms with van der Waals surface area (Å²) in [5, 5.41) is 60.8. The Morgan fingerprint density at radius 2 is 1.05 bits per heavy atom. The Balaban J connectivity index is 1.15. The van der Waals surface area contributed by atoms with Crippen LogP contribution >= 0.6 is 11.6 Å². The van der Waals surface area contributed by atoms with Crippen LogP contribution in [0.4, 0.5) is 4.79 Å². The number of likely N-dealkylation sites (tertiary alicyclic amines) is 1. The maximum absolute atomic E-state index is 15.0. The van der Waals surface area contributed by atoms with E-state index in [2.05, 4.69) is 63.5 Å². The van der Waals surface area contributed by atoms with E-state index in [-0.39, 0.29) is 101 Å². The number of para-hydroxylation sites is 1. The second-order valence-corrected chi connectivity index (χ2v) is 26.8. The van der Waals surface area contributed by atoms with Gasteiger partial charge in [0.15, 0.2) is 5.96 Å². The number of urea groups is 1. The predicted molar refractivity (Wildman–Crippen MR) is 392 cm³/mol. The number of amides is 13. The van der Waals surface area contributed by atoms with Gasteiger partial charge in [0.1, 0.15) is 66.2 Å². The van der Waals surface area contributed by atoms with E-state index in [1.165, 1.54) is 43.0 Å². The zero-order chi connectivity index (χ0) is 76.4. The van der Waals surface area contributed by atoms with Gasteiger partial charge >= 0.3 is 6.03 Å². The second-order valence-electron chi connectivity index (χ2n) is 26.4. The van der Waals surface area contributed by atoms with Crippen molar-refractivity contribution >= 4 is 110 Å². The third-order valence-electron chi connectivity index (χ3n) is 17.7. The molecular formula is C73H94ClN17O14. The lowest BCUT2D eigenvalue weighted by atomic mass is 9.99. The molecule has 0 unspecified atom stereocenters. The first-order valence-corrected chi connectivity index (χ1v) is 35.0. The van der Waals surface area contributed by atoms with Crippen LogP contribution < -0.4 is 75.7 Å². The van der Waals surface area contributed by atoms with Crippen LogP contribution in [0.15, 0.2) is 121 Å². The summed E-state index contributed by atoms with van der Waals surface area (Å²) in [5.41, 5.74) is 19.1. The minimum atomic E-state index is -1.86. The quantitative estimate of drug-likeness (QED) is 0.0143. The molecule has 13 amide bonds. The highest BCUT2D eigenvalue weighted by atomic mass is 35.5. The number of halogens is 1. The fraction of sp³-hybridized carbons (Fsp3) is 0.411. The molecule has 1 aromatic heterocycles. The minimum Gasteiger partial charge on any atom is -0.508 e. The number of hydrogen-bond acceptors (Lipinski definition) is 15. The molecule has 1 aliphatic heterocycles. The predicted octanol–water partition coefficient (Wildman–Crippen LogP) is 0.580. The zero-order valence-corrected chi connectivity index (χ0v) is 59.6. The number of fused-ring (bicyclic) bond motifs is 2. The molecule has 7 rings (SSSR count). The van der Waals surface area contributed by atoms with Crippen LogP contribution in [0.5, 0.6) is 5.75 Å². The number of benzene rings is 5. The Morgan fingerprint density at radius 1 is 0.562 bits per heavy atom. The number of aromatic hydroxyl groups is 1. The summed E-state index contributed by atoms with van der Waals surface area (Å²) >= 11 is 6.26. The molecule has 5 aromatic carbocycles. The van der Waals surface area contributed by atoms with Crippen molar-refractivity contribution in [1.29, 1.82) is 5.41 Å². The first-order chi connectivity index (χ1) is 50.0. The Bertz CT molecular complexity index is 4080. The molecule has 32 heteroatoms. The van der Waals surface area contributed by atoms with Crippen molar-refractivity contribution in [1.82, 2.24) is 68.4 Å². The third-order valence-corrected chi connectivity index (χ3v) is 17.9. The van der Waals surface area contributed by atoms with E-state index in [0.29, 0.717) is 44.6 Å². The number of hydrogen-bond donors (Lipinski definition) is 18. The fourth-order valence-electron chi connectivity index (χ4n) is 12.2. The Hall–Kier alpha value is -11.3. The molecule has 0 radical (unpaired) electrons. The lowest BCUT2D eigenvalue weighted by Crippen LogP contribution is -2.61. The molecule has 1 saturated heterocycles. The highest BCUT2D eigenvalue weighted by molar-refractivity contribution is 6.30. The molecule has 562 valence electrons. The van der Waals surface area contributed by atoms with Gasteiger partial charge in [-0.05, 0) is 121 Å². The largest absolute Gasteiger partial charge is 0.508 e. The summed E-state index contributed by atoms with van der Waals surface area (Å²) in [6.45, 7) is 5.22. The standard InChI is InChI=1S/C73H94ClN17O14/c1-40(2)32-55(64(97)85-54(17-10-29-79-72(76)77)71(104)91-31-11-18-61(91)70(103)82-41(3)62(75)95)86-63(96)53(16-9-30-80-73(78)105)84-66(99)57(35-44-22-27-50(94)28-23-44)88-69(102)60(39-92)90-68(101)59(37-48-38-81-52-15-8-7-14-51(48)52)89-67(100)58(34-43-20-25-49(74)26-21-43)87-65(98)56(83-42(4)93)36-45-19-24-46-12-5-6-13-47(46)33-45/h5-8,12-15,19-28,33,38,40-41,53-61,81,92,94H,9-11,16-18,29-32,34-37,39H2,1-4H3,(H2,75,95)(H,82,103)(H,83,93)(H,84,99)(H,85,97)(H,86,96)(H,87,98)(H,88,102)(H,89,100)(H,90,101)(H4,76,77,79)(H3,78,80,105)/t41-,53-,54+,55+,56-,57+,58-,59-,60+,61+/m1/s1. The van der Waals surface area contributed by atoms with Gasteiger partial charge in [0.25, 0.3) is 0 Å². The Kier molecular flexibility index (Phi) is 30.3. The molecule has 0 bridgehead atoms. The van der Waals surface area contributed by atoms with Crippen LogP contribution in [0.1, 0.15) is 94.9 Å². The SMILES string of the molecule is CC(=O)N[C@H](Cc1ccc2ccccc2c1)C(=O)N[C@H](Cc1ccc(Cl)cc1)C(=O)N[C@H](Cc1c[nH]c2ccccc12)C(=O)N[C@@H](CO)C(=O)N[C@@H](Cc1ccc(O)cc1)C(=O)N[C@H](CCCNC(N)=O)C(=O)N[C@@H](CC(C)C)C(=O)N[C@@H](CCCNC(=N)N)C(=O)N1CCC[C@H]1C(=O)N[C@H](C)C(N)=O. The van der Waals surface area contributed by atoms with Crippen LogP contribution in [0.25, 0.3) is 21.7 Å². The molecule has 0 spiro atoms. The second kappa shape index (κ2) is 39.3. The van der Waals surface area contributed by atoms with Gasteiger partial charge < -0.3 is 95.8 Å². The van der Waals surface area contributed by atoms with Crippen molar-refractivity contribution in [3.63, 3.8) is 0 Å². The number of aromatic amines is 1. The number of aromatic nitrogens is 1. The summed E-state index contributed by atoms with van der Waals surface area (Å²) in [5.74, 6) is -9.92. The van der Waals surface area contributed by atoms with Gasteiger partial charge in [-0.25, -0.2) is 4.79 Å². The molecule has 21 N–H and O–H groups in total. The number of guanidine groups is 1. The number of nitrogens with zero attached hydrogens (tertiary/aromatic N) is 1.